The van der Waals surface area contributed by atoms with Crippen molar-refractivity contribution in [2.45, 2.75) is 42.7 Å². The van der Waals surface area contributed by atoms with Crippen molar-refractivity contribution in [3.8, 4) is 17.6 Å². The van der Waals surface area contributed by atoms with Crippen LogP contribution in [0, 0.1) is 11.3 Å². The predicted molar refractivity (Wildman–Crippen MR) is 96.6 cm³/mol. The number of para-hydroxylation sites is 2. The molecule has 0 atom stereocenters. The molecule has 3 rings (SSSR count). The number of hydrogen-bond acceptors (Lipinski definition) is 7. The van der Waals surface area contributed by atoms with E-state index in [4.69, 9.17) is 15.2 Å². The third kappa shape index (κ3) is 4.15. The highest BCUT2D eigenvalue weighted by atomic mass is 32.2. The zero-order valence-electron chi connectivity index (χ0n) is 14.1. The summed E-state index contributed by atoms with van der Waals surface area (Å²) in [5, 5.41) is 10.5. The number of nitriles is 1. The summed E-state index contributed by atoms with van der Waals surface area (Å²) < 4.78 is 11.1. The van der Waals surface area contributed by atoms with Crippen molar-refractivity contribution in [2.24, 2.45) is 0 Å². The molecule has 2 N–H and O–H groups in total. The summed E-state index contributed by atoms with van der Waals surface area (Å²) in [5.41, 5.74) is 6.74. The van der Waals surface area contributed by atoms with E-state index in [1.807, 2.05) is 24.3 Å². The van der Waals surface area contributed by atoms with Crippen molar-refractivity contribution in [3.05, 3.63) is 35.5 Å². The number of ether oxygens (including phenoxy) is 2. The molecule has 1 heterocycles. The summed E-state index contributed by atoms with van der Waals surface area (Å²) >= 11 is 1.64. The highest BCUT2D eigenvalue weighted by Gasteiger charge is 2.20. The van der Waals surface area contributed by atoms with E-state index in [1.165, 1.54) is 25.7 Å². The first-order valence-corrected chi connectivity index (χ1v) is 9.08. The monoisotopic (exact) mass is 356 g/mol. The first kappa shape index (κ1) is 17.4. The number of anilines is 1. The number of hydrogen-bond donors (Lipinski definition) is 1. The molecule has 0 radical (unpaired) electrons. The van der Waals surface area contributed by atoms with Crippen LogP contribution in [-0.4, -0.2) is 22.3 Å². The molecule has 2 aromatic rings. The third-order valence-electron chi connectivity index (χ3n) is 4.11. The van der Waals surface area contributed by atoms with E-state index in [0.717, 1.165) is 0 Å². The molecule has 1 aliphatic rings. The van der Waals surface area contributed by atoms with Crippen LogP contribution in [-0.2, 0) is 6.61 Å². The number of nitrogen functional groups attached to an aromatic ring is 1. The van der Waals surface area contributed by atoms with E-state index >= 15 is 0 Å². The maximum atomic E-state index is 9.38. The lowest BCUT2D eigenvalue weighted by Crippen LogP contribution is -2.09. The van der Waals surface area contributed by atoms with Gasteiger partial charge in [0.05, 0.1) is 7.11 Å². The van der Waals surface area contributed by atoms with Gasteiger partial charge < -0.3 is 15.2 Å². The van der Waals surface area contributed by atoms with Gasteiger partial charge in [0.2, 0.25) is 0 Å². The Morgan fingerprint density at radius 3 is 2.64 bits per heavy atom. The molecule has 1 fully saturated rings. The van der Waals surface area contributed by atoms with Gasteiger partial charge in [0.25, 0.3) is 0 Å². The number of rotatable bonds is 6. The van der Waals surface area contributed by atoms with Crippen LogP contribution in [0.15, 0.2) is 29.4 Å². The Hall–Kier alpha value is -2.46. The van der Waals surface area contributed by atoms with Crippen molar-refractivity contribution in [2.75, 3.05) is 12.8 Å². The van der Waals surface area contributed by atoms with E-state index < -0.39 is 0 Å². The van der Waals surface area contributed by atoms with Gasteiger partial charge in [-0.25, -0.2) is 9.97 Å². The van der Waals surface area contributed by atoms with Crippen molar-refractivity contribution in [1.29, 1.82) is 5.26 Å². The Morgan fingerprint density at radius 1 is 1.24 bits per heavy atom. The number of thioether (sulfide) groups is 1. The Balaban J connectivity index is 1.81. The fourth-order valence-electron chi connectivity index (χ4n) is 2.82. The third-order valence-corrected chi connectivity index (χ3v) is 5.31. The van der Waals surface area contributed by atoms with Gasteiger partial charge in [-0.05, 0) is 25.0 Å². The average molecular weight is 356 g/mol. The maximum Gasteiger partial charge on any atom is 0.190 e. The van der Waals surface area contributed by atoms with Crippen LogP contribution in [0.4, 0.5) is 5.82 Å². The van der Waals surface area contributed by atoms with E-state index in [1.54, 1.807) is 18.9 Å². The molecule has 6 nitrogen and oxygen atoms in total. The highest BCUT2D eigenvalue weighted by Crippen LogP contribution is 2.34. The van der Waals surface area contributed by atoms with Crippen LogP contribution in [0.1, 0.15) is 36.9 Å². The molecule has 0 spiro atoms. The molecule has 1 aromatic carbocycles. The summed E-state index contributed by atoms with van der Waals surface area (Å²) in [6.07, 6.45) is 4.82. The first-order chi connectivity index (χ1) is 12.2. The fraction of sp³-hybridized carbons (Fsp3) is 0.389. The molecule has 1 aliphatic carbocycles. The van der Waals surface area contributed by atoms with Crippen LogP contribution in [0.5, 0.6) is 11.5 Å². The second-order valence-electron chi connectivity index (χ2n) is 5.79. The predicted octanol–water partition coefficient (Wildman–Crippen LogP) is 3.55. The fourth-order valence-corrected chi connectivity index (χ4v) is 4.00. The number of nitrogens with two attached hydrogens (primary N) is 1. The van der Waals surface area contributed by atoms with Crippen molar-refractivity contribution < 1.29 is 9.47 Å². The Bertz CT molecular complexity index is 785. The normalized spacial score (nSPS) is 14.2. The van der Waals surface area contributed by atoms with Gasteiger partial charge in [-0.15, -0.1) is 0 Å². The van der Waals surface area contributed by atoms with Crippen LogP contribution in [0.3, 0.4) is 0 Å². The van der Waals surface area contributed by atoms with Crippen molar-refractivity contribution >= 4 is 17.6 Å². The lowest BCUT2D eigenvalue weighted by atomic mass is 10.2. The molecule has 0 saturated heterocycles. The standard InChI is InChI=1S/C18H20N4O2S/c1-23-15-8-4-5-9-16(15)24-11-14-13(10-19)17(20)22-18(21-14)25-12-6-2-3-7-12/h4-5,8-9,12H,2-3,6-7,11H2,1H3,(H2,20,21,22). The largest absolute Gasteiger partial charge is 0.493 e. The molecule has 0 unspecified atom stereocenters. The summed E-state index contributed by atoms with van der Waals surface area (Å²) in [6, 6.07) is 9.43. The second kappa shape index (κ2) is 8.08. The van der Waals surface area contributed by atoms with E-state index in [9.17, 15) is 5.26 Å². The zero-order chi connectivity index (χ0) is 17.6. The lowest BCUT2D eigenvalue weighted by Gasteiger charge is -2.13. The topological polar surface area (TPSA) is 94.1 Å². The Labute approximate surface area is 151 Å². The molecule has 130 valence electrons. The molecule has 0 aliphatic heterocycles. The van der Waals surface area contributed by atoms with Crippen LogP contribution >= 0.6 is 11.8 Å². The molecule has 0 bridgehead atoms. The van der Waals surface area contributed by atoms with E-state index in [2.05, 4.69) is 16.0 Å². The number of methoxy groups -OCH3 is 1. The van der Waals surface area contributed by atoms with Gasteiger partial charge in [-0.3, -0.25) is 0 Å². The Morgan fingerprint density at radius 2 is 1.96 bits per heavy atom. The van der Waals surface area contributed by atoms with Gasteiger partial charge in [-0.1, -0.05) is 36.7 Å². The van der Waals surface area contributed by atoms with Gasteiger partial charge in [0.15, 0.2) is 16.7 Å². The number of benzene rings is 1. The smallest absolute Gasteiger partial charge is 0.190 e. The second-order valence-corrected chi connectivity index (χ2v) is 7.06. The van der Waals surface area contributed by atoms with Crippen LogP contribution in [0.25, 0.3) is 0 Å². The minimum absolute atomic E-state index is 0.133. The quantitative estimate of drug-likeness (QED) is 0.791. The van der Waals surface area contributed by atoms with Crippen LogP contribution in [0.2, 0.25) is 0 Å². The average Bonchev–Trinajstić information content (AvgIpc) is 3.13. The minimum Gasteiger partial charge on any atom is -0.493 e. The Kier molecular flexibility index (Phi) is 5.61. The molecular formula is C18H20N4O2S. The van der Waals surface area contributed by atoms with Gasteiger partial charge >= 0.3 is 0 Å². The first-order valence-electron chi connectivity index (χ1n) is 8.20. The van der Waals surface area contributed by atoms with Crippen LogP contribution < -0.4 is 15.2 Å². The minimum atomic E-state index is 0.133. The van der Waals surface area contributed by atoms with Crippen molar-refractivity contribution in [3.63, 3.8) is 0 Å². The summed E-state index contributed by atoms with van der Waals surface area (Å²) in [4.78, 5) is 8.81. The van der Waals surface area contributed by atoms with Gasteiger partial charge in [-0.2, -0.15) is 5.26 Å². The van der Waals surface area contributed by atoms with E-state index in [-0.39, 0.29) is 18.0 Å². The van der Waals surface area contributed by atoms with Gasteiger partial charge in [0, 0.05) is 5.25 Å². The van der Waals surface area contributed by atoms with E-state index in [0.29, 0.717) is 27.6 Å². The number of nitrogens with zero attached hydrogens (tertiary/aromatic N) is 3. The molecule has 0 amide bonds. The highest BCUT2D eigenvalue weighted by molar-refractivity contribution is 7.99. The molecule has 1 saturated carbocycles. The molecule has 25 heavy (non-hydrogen) atoms. The molecular weight excluding hydrogens is 336 g/mol. The summed E-state index contributed by atoms with van der Waals surface area (Å²) in [5.74, 6) is 1.43. The maximum absolute atomic E-state index is 9.38. The summed E-state index contributed by atoms with van der Waals surface area (Å²) in [7, 11) is 1.59. The SMILES string of the molecule is COc1ccccc1OCc1nc(SC2CCCC2)nc(N)c1C#N. The number of aromatic nitrogens is 2. The molecule has 1 aromatic heterocycles. The summed E-state index contributed by atoms with van der Waals surface area (Å²) in [6.45, 7) is 0.133. The lowest BCUT2D eigenvalue weighted by molar-refractivity contribution is 0.279. The van der Waals surface area contributed by atoms with Crippen molar-refractivity contribution in [1.82, 2.24) is 9.97 Å². The molecule has 7 heteroatoms. The van der Waals surface area contributed by atoms with Gasteiger partial charge in [0.1, 0.15) is 29.8 Å². The zero-order valence-corrected chi connectivity index (χ0v) is 14.9.